The SMILES string of the molecule is C=CCC[C@H](c1ccc(Cl)cc1Cl)N1CCNCC1. The van der Waals surface area contributed by atoms with Gasteiger partial charge >= 0.3 is 0 Å². The number of hydrogen-bond donors (Lipinski definition) is 1. The van der Waals surface area contributed by atoms with E-state index >= 15 is 0 Å². The number of halogens is 2. The van der Waals surface area contributed by atoms with E-state index in [0.29, 0.717) is 11.1 Å². The third-order valence-corrected chi connectivity index (χ3v) is 4.12. The summed E-state index contributed by atoms with van der Waals surface area (Å²) in [6.07, 6.45) is 4.01. The molecule has 1 saturated heterocycles. The average molecular weight is 299 g/mol. The Morgan fingerprint density at radius 1 is 1.32 bits per heavy atom. The van der Waals surface area contributed by atoms with Crippen LogP contribution in [-0.2, 0) is 0 Å². The first-order valence-corrected chi connectivity index (χ1v) is 7.48. The van der Waals surface area contributed by atoms with Gasteiger partial charge in [0.05, 0.1) is 0 Å². The van der Waals surface area contributed by atoms with Crippen LogP contribution in [-0.4, -0.2) is 31.1 Å². The summed E-state index contributed by atoms with van der Waals surface area (Å²) in [6.45, 7) is 8.01. The maximum Gasteiger partial charge on any atom is 0.0468 e. The molecule has 0 amide bonds. The van der Waals surface area contributed by atoms with E-state index in [1.165, 1.54) is 5.56 Å². The van der Waals surface area contributed by atoms with Gasteiger partial charge < -0.3 is 5.32 Å². The van der Waals surface area contributed by atoms with E-state index in [9.17, 15) is 0 Å². The molecule has 0 radical (unpaired) electrons. The molecule has 2 nitrogen and oxygen atoms in total. The van der Waals surface area contributed by atoms with E-state index < -0.39 is 0 Å². The average Bonchev–Trinajstić information content (AvgIpc) is 2.42. The first kappa shape index (κ1) is 14.9. The van der Waals surface area contributed by atoms with E-state index in [0.717, 1.165) is 44.0 Å². The number of hydrogen-bond acceptors (Lipinski definition) is 2. The van der Waals surface area contributed by atoms with Gasteiger partial charge in [-0.2, -0.15) is 0 Å². The highest BCUT2D eigenvalue weighted by molar-refractivity contribution is 6.35. The molecule has 1 atom stereocenters. The second kappa shape index (κ2) is 7.30. The number of nitrogens with zero attached hydrogens (tertiary/aromatic N) is 1. The van der Waals surface area contributed by atoms with Crippen LogP contribution in [0.2, 0.25) is 10.0 Å². The van der Waals surface area contributed by atoms with Gasteiger partial charge in [-0.3, -0.25) is 4.90 Å². The maximum atomic E-state index is 6.37. The predicted molar refractivity (Wildman–Crippen MR) is 83.1 cm³/mol. The minimum absolute atomic E-state index is 0.352. The molecule has 1 aromatic rings. The molecule has 1 aliphatic heterocycles. The lowest BCUT2D eigenvalue weighted by Gasteiger charge is -2.35. The summed E-state index contributed by atoms with van der Waals surface area (Å²) in [7, 11) is 0. The molecule has 1 fully saturated rings. The van der Waals surface area contributed by atoms with Crippen molar-refractivity contribution in [2.45, 2.75) is 18.9 Å². The Morgan fingerprint density at radius 3 is 2.68 bits per heavy atom. The van der Waals surface area contributed by atoms with Crippen LogP contribution in [0.5, 0.6) is 0 Å². The van der Waals surface area contributed by atoms with Crippen LogP contribution < -0.4 is 5.32 Å². The van der Waals surface area contributed by atoms with Crippen LogP contribution in [0.1, 0.15) is 24.4 Å². The van der Waals surface area contributed by atoms with Gasteiger partial charge in [-0.25, -0.2) is 0 Å². The zero-order valence-electron chi connectivity index (χ0n) is 11.0. The van der Waals surface area contributed by atoms with E-state index in [1.54, 1.807) is 0 Å². The van der Waals surface area contributed by atoms with Crippen LogP contribution in [0, 0.1) is 0 Å². The highest BCUT2D eigenvalue weighted by Gasteiger charge is 2.23. The molecular formula is C15H20Cl2N2. The number of allylic oxidation sites excluding steroid dienone is 1. The quantitative estimate of drug-likeness (QED) is 0.829. The van der Waals surface area contributed by atoms with Crippen molar-refractivity contribution in [3.05, 3.63) is 46.5 Å². The third kappa shape index (κ3) is 3.96. The van der Waals surface area contributed by atoms with Crippen molar-refractivity contribution >= 4 is 23.2 Å². The Hall–Kier alpha value is -0.540. The van der Waals surface area contributed by atoms with E-state index in [-0.39, 0.29) is 0 Å². The number of benzene rings is 1. The smallest absolute Gasteiger partial charge is 0.0468 e. The molecule has 19 heavy (non-hydrogen) atoms. The molecule has 1 N–H and O–H groups in total. The molecular weight excluding hydrogens is 279 g/mol. The number of rotatable bonds is 5. The third-order valence-electron chi connectivity index (χ3n) is 3.56. The Kier molecular flexibility index (Phi) is 5.71. The molecule has 0 saturated carbocycles. The molecule has 0 unspecified atom stereocenters. The number of piperazine rings is 1. The molecule has 2 rings (SSSR count). The summed E-state index contributed by atoms with van der Waals surface area (Å²) >= 11 is 12.4. The topological polar surface area (TPSA) is 15.3 Å². The van der Waals surface area contributed by atoms with E-state index in [4.69, 9.17) is 23.2 Å². The maximum absolute atomic E-state index is 6.37. The fraction of sp³-hybridized carbons (Fsp3) is 0.467. The zero-order valence-corrected chi connectivity index (χ0v) is 12.6. The molecule has 0 spiro atoms. The van der Waals surface area contributed by atoms with Gasteiger partial charge in [-0.05, 0) is 30.5 Å². The molecule has 4 heteroatoms. The predicted octanol–water partition coefficient (Wildman–Crippen LogP) is 3.91. The van der Waals surface area contributed by atoms with Crippen molar-refractivity contribution < 1.29 is 0 Å². The molecule has 1 heterocycles. The fourth-order valence-corrected chi connectivity index (χ4v) is 3.11. The summed E-state index contributed by atoms with van der Waals surface area (Å²) < 4.78 is 0. The van der Waals surface area contributed by atoms with Gasteiger partial charge in [-0.15, -0.1) is 6.58 Å². The Balaban J connectivity index is 2.22. The first-order chi connectivity index (χ1) is 9.22. The minimum Gasteiger partial charge on any atom is -0.314 e. The number of nitrogens with one attached hydrogen (secondary N) is 1. The van der Waals surface area contributed by atoms with Crippen molar-refractivity contribution in [3.8, 4) is 0 Å². The molecule has 0 aromatic heterocycles. The van der Waals surface area contributed by atoms with Crippen molar-refractivity contribution in [2.24, 2.45) is 0 Å². The van der Waals surface area contributed by atoms with Crippen LogP contribution in [0.15, 0.2) is 30.9 Å². The summed E-state index contributed by atoms with van der Waals surface area (Å²) in [6, 6.07) is 6.17. The standard InChI is InChI=1S/C15H20Cl2N2/c1-2-3-4-15(19-9-7-18-8-10-19)13-6-5-12(16)11-14(13)17/h2,5-6,11,15,18H,1,3-4,7-10H2/t15-/m1/s1. The summed E-state index contributed by atoms with van der Waals surface area (Å²) in [5, 5.41) is 4.84. The minimum atomic E-state index is 0.352. The second-order valence-corrected chi connectivity index (χ2v) is 5.68. The highest BCUT2D eigenvalue weighted by Crippen LogP contribution is 2.33. The van der Waals surface area contributed by atoms with E-state index in [2.05, 4.69) is 22.9 Å². The van der Waals surface area contributed by atoms with Crippen molar-refractivity contribution in [1.29, 1.82) is 0 Å². The van der Waals surface area contributed by atoms with Crippen LogP contribution in [0.25, 0.3) is 0 Å². The normalized spacial score (nSPS) is 18.2. The van der Waals surface area contributed by atoms with Crippen molar-refractivity contribution in [3.63, 3.8) is 0 Å². The van der Waals surface area contributed by atoms with Gasteiger partial charge in [0.2, 0.25) is 0 Å². The van der Waals surface area contributed by atoms with Gasteiger partial charge in [0, 0.05) is 42.3 Å². The van der Waals surface area contributed by atoms with Gasteiger partial charge in [0.1, 0.15) is 0 Å². The summed E-state index contributed by atoms with van der Waals surface area (Å²) in [5.41, 5.74) is 1.18. The lowest BCUT2D eigenvalue weighted by Crippen LogP contribution is -2.45. The molecule has 1 aromatic carbocycles. The monoisotopic (exact) mass is 298 g/mol. The van der Waals surface area contributed by atoms with Gasteiger partial charge in [-0.1, -0.05) is 35.3 Å². The molecule has 1 aliphatic rings. The molecule has 0 aliphatic carbocycles. The van der Waals surface area contributed by atoms with Gasteiger partial charge in [0.15, 0.2) is 0 Å². The Morgan fingerprint density at radius 2 is 2.05 bits per heavy atom. The van der Waals surface area contributed by atoms with Crippen LogP contribution in [0.4, 0.5) is 0 Å². The zero-order chi connectivity index (χ0) is 13.7. The lowest BCUT2D eigenvalue weighted by atomic mass is 9.99. The fourth-order valence-electron chi connectivity index (χ4n) is 2.58. The highest BCUT2D eigenvalue weighted by atomic mass is 35.5. The molecule has 104 valence electrons. The lowest BCUT2D eigenvalue weighted by molar-refractivity contribution is 0.166. The van der Waals surface area contributed by atoms with Crippen LogP contribution >= 0.6 is 23.2 Å². The first-order valence-electron chi connectivity index (χ1n) is 6.73. The summed E-state index contributed by atoms with van der Waals surface area (Å²) in [5.74, 6) is 0. The van der Waals surface area contributed by atoms with Crippen molar-refractivity contribution in [1.82, 2.24) is 10.2 Å². The summed E-state index contributed by atoms with van der Waals surface area (Å²) in [4.78, 5) is 2.50. The Bertz CT molecular complexity index is 428. The largest absolute Gasteiger partial charge is 0.314 e. The molecule has 0 bridgehead atoms. The van der Waals surface area contributed by atoms with Gasteiger partial charge in [0.25, 0.3) is 0 Å². The second-order valence-electron chi connectivity index (χ2n) is 4.83. The van der Waals surface area contributed by atoms with Crippen LogP contribution in [0.3, 0.4) is 0 Å². The van der Waals surface area contributed by atoms with E-state index in [1.807, 2.05) is 18.2 Å². The van der Waals surface area contributed by atoms with Crippen molar-refractivity contribution in [2.75, 3.05) is 26.2 Å². The Labute approximate surface area is 125 Å².